The first-order chi connectivity index (χ1) is 13.7. The summed E-state index contributed by atoms with van der Waals surface area (Å²) in [4.78, 5) is 32.5. The molecule has 0 unspecified atom stereocenters. The molecule has 1 aromatic carbocycles. The third-order valence-corrected chi connectivity index (χ3v) is 5.27. The van der Waals surface area contributed by atoms with Gasteiger partial charge in [-0.2, -0.15) is 0 Å². The number of hydrogen-bond acceptors (Lipinski definition) is 3. The molecule has 3 rings (SSSR count). The van der Waals surface area contributed by atoms with Gasteiger partial charge in [0.1, 0.15) is 6.54 Å². The number of aliphatic imine (C=N–C) groups is 1. The summed E-state index contributed by atoms with van der Waals surface area (Å²) in [5.74, 6) is 0.963. The number of nitrogens with zero attached hydrogens (tertiary/aromatic N) is 3. The van der Waals surface area contributed by atoms with Crippen molar-refractivity contribution in [3.05, 3.63) is 35.4 Å². The average Bonchev–Trinajstić information content (AvgIpc) is 3.13. The zero-order valence-electron chi connectivity index (χ0n) is 16.7. The molecular weight excluding hydrogens is 354 g/mol. The summed E-state index contributed by atoms with van der Waals surface area (Å²) in [5, 5.41) is 6.44. The molecule has 2 aliphatic heterocycles. The predicted octanol–water partition coefficient (Wildman–Crippen LogP) is 1.14. The SMILES string of the molecule is CCNC(=NCC(=O)N1CCc2ccccc2C1)NCCCN1CCCC1=O. The van der Waals surface area contributed by atoms with Crippen molar-refractivity contribution in [2.75, 3.05) is 39.3 Å². The maximum Gasteiger partial charge on any atom is 0.244 e. The van der Waals surface area contributed by atoms with Crippen molar-refractivity contribution in [2.24, 2.45) is 4.99 Å². The second kappa shape index (κ2) is 10.1. The highest BCUT2D eigenvalue weighted by Gasteiger charge is 2.20. The van der Waals surface area contributed by atoms with Gasteiger partial charge in [-0.3, -0.25) is 9.59 Å². The summed E-state index contributed by atoms with van der Waals surface area (Å²) in [6, 6.07) is 8.30. The molecule has 0 aliphatic carbocycles. The lowest BCUT2D eigenvalue weighted by molar-refractivity contribution is -0.130. The molecule has 2 aliphatic rings. The van der Waals surface area contributed by atoms with Crippen molar-refractivity contribution in [2.45, 2.75) is 39.2 Å². The Morgan fingerprint density at radius 3 is 2.71 bits per heavy atom. The van der Waals surface area contributed by atoms with Crippen LogP contribution < -0.4 is 10.6 Å². The summed E-state index contributed by atoms with van der Waals surface area (Å²) in [6.45, 7) is 6.67. The first kappa shape index (κ1) is 20.2. The maximum absolute atomic E-state index is 12.6. The van der Waals surface area contributed by atoms with Crippen LogP contribution in [0.1, 0.15) is 37.3 Å². The van der Waals surface area contributed by atoms with Crippen LogP contribution in [0.15, 0.2) is 29.3 Å². The minimum atomic E-state index is 0.0503. The maximum atomic E-state index is 12.6. The number of amides is 2. The van der Waals surface area contributed by atoms with E-state index in [-0.39, 0.29) is 18.4 Å². The Hall–Kier alpha value is -2.57. The van der Waals surface area contributed by atoms with Gasteiger partial charge in [-0.05, 0) is 37.3 Å². The molecule has 152 valence electrons. The zero-order chi connectivity index (χ0) is 19.8. The molecule has 1 fully saturated rings. The van der Waals surface area contributed by atoms with Crippen LogP contribution in [0.2, 0.25) is 0 Å². The largest absolute Gasteiger partial charge is 0.357 e. The lowest BCUT2D eigenvalue weighted by Gasteiger charge is -2.28. The summed E-state index contributed by atoms with van der Waals surface area (Å²) in [6.07, 6.45) is 3.42. The molecule has 0 radical (unpaired) electrons. The number of benzene rings is 1. The van der Waals surface area contributed by atoms with Crippen LogP contribution in [0.3, 0.4) is 0 Å². The van der Waals surface area contributed by atoms with E-state index in [0.717, 1.165) is 52.0 Å². The highest BCUT2D eigenvalue weighted by molar-refractivity contribution is 5.85. The van der Waals surface area contributed by atoms with Gasteiger partial charge in [0, 0.05) is 45.7 Å². The number of rotatable bonds is 7. The van der Waals surface area contributed by atoms with E-state index < -0.39 is 0 Å². The van der Waals surface area contributed by atoms with Crippen LogP contribution in [0.4, 0.5) is 0 Å². The second-order valence-corrected chi connectivity index (χ2v) is 7.29. The number of hydrogen-bond donors (Lipinski definition) is 2. The van der Waals surface area contributed by atoms with E-state index >= 15 is 0 Å². The van der Waals surface area contributed by atoms with Crippen molar-refractivity contribution >= 4 is 17.8 Å². The van der Waals surface area contributed by atoms with Crippen molar-refractivity contribution in [1.29, 1.82) is 0 Å². The Balaban J connectivity index is 1.44. The van der Waals surface area contributed by atoms with Crippen molar-refractivity contribution in [3.63, 3.8) is 0 Å². The van der Waals surface area contributed by atoms with E-state index in [1.54, 1.807) is 0 Å². The van der Waals surface area contributed by atoms with Gasteiger partial charge in [0.25, 0.3) is 0 Å². The smallest absolute Gasteiger partial charge is 0.244 e. The fourth-order valence-corrected chi connectivity index (χ4v) is 3.71. The average molecular weight is 386 g/mol. The number of fused-ring (bicyclic) bond motifs is 1. The molecule has 2 N–H and O–H groups in total. The van der Waals surface area contributed by atoms with Crippen LogP contribution >= 0.6 is 0 Å². The van der Waals surface area contributed by atoms with Crippen LogP contribution in [0, 0.1) is 0 Å². The van der Waals surface area contributed by atoms with Gasteiger partial charge in [0.15, 0.2) is 5.96 Å². The summed E-state index contributed by atoms with van der Waals surface area (Å²) >= 11 is 0. The van der Waals surface area contributed by atoms with E-state index in [0.29, 0.717) is 18.9 Å². The molecule has 0 aromatic heterocycles. The zero-order valence-corrected chi connectivity index (χ0v) is 16.7. The van der Waals surface area contributed by atoms with E-state index in [1.165, 1.54) is 11.1 Å². The van der Waals surface area contributed by atoms with Crippen molar-refractivity contribution in [1.82, 2.24) is 20.4 Å². The lowest BCUT2D eigenvalue weighted by Crippen LogP contribution is -2.41. The van der Waals surface area contributed by atoms with Gasteiger partial charge >= 0.3 is 0 Å². The molecule has 1 aromatic rings. The monoisotopic (exact) mass is 385 g/mol. The highest BCUT2D eigenvalue weighted by Crippen LogP contribution is 2.18. The van der Waals surface area contributed by atoms with Crippen LogP contribution in [-0.4, -0.2) is 66.8 Å². The molecule has 28 heavy (non-hydrogen) atoms. The third kappa shape index (κ3) is 5.47. The molecular formula is C21H31N5O2. The highest BCUT2D eigenvalue weighted by atomic mass is 16.2. The van der Waals surface area contributed by atoms with Crippen molar-refractivity contribution in [3.8, 4) is 0 Å². The number of carbonyl (C=O) groups excluding carboxylic acids is 2. The van der Waals surface area contributed by atoms with Crippen LogP contribution in [0.5, 0.6) is 0 Å². The first-order valence-corrected chi connectivity index (χ1v) is 10.3. The number of guanidine groups is 1. The van der Waals surface area contributed by atoms with Gasteiger partial charge in [-0.15, -0.1) is 0 Å². The summed E-state index contributed by atoms with van der Waals surface area (Å²) in [7, 11) is 0. The third-order valence-electron chi connectivity index (χ3n) is 5.27. The minimum absolute atomic E-state index is 0.0503. The van der Waals surface area contributed by atoms with Gasteiger partial charge in [-0.25, -0.2) is 4.99 Å². The van der Waals surface area contributed by atoms with E-state index in [4.69, 9.17) is 0 Å². The Morgan fingerprint density at radius 1 is 1.14 bits per heavy atom. The van der Waals surface area contributed by atoms with Crippen LogP contribution in [-0.2, 0) is 22.6 Å². The fraction of sp³-hybridized carbons (Fsp3) is 0.571. The van der Waals surface area contributed by atoms with E-state index in [1.807, 2.05) is 22.8 Å². The first-order valence-electron chi connectivity index (χ1n) is 10.3. The summed E-state index contributed by atoms with van der Waals surface area (Å²) < 4.78 is 0. The standard InChI is InChI=1S/C21H31N5O2/c1-2-22-21(23-11-6-13-25-12-5-9-19(25)27)24-15-20(28)26-14-10-17-7-3-4-8-18(17)16-26/h3-4,7-8H,2,5-6,9-16H2,1H3,(H2,22,23,24). The normalized spacial score (nSPS) is 16.9. The summed E-state index contributed by atoms with van der Waals surface area (Å²) in [5.41, 5.74) is 2.56. The van der Waals surface area contributed by atoms with E-state index in [9.17, 15) is 9.59 Å². The number of carbonyl (C=O) groups is 2. The second-order valence-electron chi connectivity index (χ2n) is 7.29. The molecule has 0 bridgehead atoms. The van der Waals surface area contributed by atoms with Gasteiger partial charge in [0.2, 0.25) is 11.8 Å². The lowest BCUT2D eigenvalue weighted by atomic mass is 10.00. The molecule has 2 heterocycles. The van der Waals surface area contributed by atoms with Gasteiger partial charge in [-0.1, -0.05) is 24.3 Å². The van der Waals surface area contributed by atoms with Crippen LogP contribution in [0.25, 0.3) is 0 Å². The Morgan fingerprint density at radius 2 is 1.96 bits per heavy atom. The predicted molar refractivity (Wildman–Crippen MR) is 110 cm³/mol. The fourth-order valence-electron chi connectivity index (χ4n) is 3.71. The Labute approximate surface area is 167 Å². The molecule has 1 saturated heterocycles. The molecule has 2 amide bonds. The number of nitrogens with one attached hydrogen (secondary N) is 2. The molecule has 0 saturated carbocycles. The van der Waals surface area contributed by atoms with Gasteiger partial charge < -0.3 is 20.4 Å². The topological polar surface area (TPSA) is 77.0 Å². The molecule has 7 heteroatoms. The Kier molecular flexibility index (Phi) is 7.28. The minimum Gasteiger partial charge on any atom is -0.357 e. The molecule has 0 atom stereocenters. The van der Waals surface area contributed by atoms with Crippen molar-refractivity contribution < 1.29 is 9.59 Å². The van der Waals surface area contributed by atoms with Gasteiger partial charge in [0.05, 0.1) is 0 Å². The molecule has 7 nitrogen and oxygen atoms in total. The van der Waals surface area contributed by atoms with E-state index in [2.05, 4.69) is 33.8 Å². The molecule has 0 spiro atoms. The quantitative estimate of drug-likeness (QED) is 0.419. The number of likely N-dealkylation sites (tertiary alicyclic amines) is 1. The Bertz CT molecular complexity index is 719.